The van der Waals surface area contributed by atoms with Gasteiger partial charge in [-0.3, -0.25) is 14.5 Å². The molecule has 1 amide bonds. The number of ketones is 1. The predicted molar refractivity (Wildman–Crippen MR) is 122 cm³/mol. The third kappa shape index (κ3) is 4.74. The fraction of sp³-hybridized carbons (Fsp3) is 0.154. The second-order valence-electron chi connectivity index (χ2n) is 7.95. The number of nitrogens with zero attached hydrogens (tertiary/aromatic N) is 1. The molecule has 1 fully saturated rings. The van der Waals surface area contributed by atoms with Crippen molar-refractivity contribution >= 4 is 23.1 Å². The van der Waals surface area contributed by atoms with Crippen LogP contribution in [0, 0.1) is 12.7 Å². The predicted octanol–water partition coefficient (Wildman–Crippen LogP) is 5.67. The zero-order valence-corrected chi connectivity index (χ0v) is 19.0. The first-order valence-corrected chi connectivity index (χ1v) is 10.6. The van der Waals surface area contributed by atoms with Crippen LogP contribution in [0.2, 0.25) is 0 Å². The summed E-state index contributed by atoms with van der Waals surface area (Å²) in [6.45, 7) is 1.48. The average molecular weight is 501 g/mol. The zero-order valence-electron chi connectivity index (χ0n) is 19.0. The highest BCUT2D eigenvalue weighted by Crippen LogP contribution is 2.43. The average Bonchev–Trinajstić information content (AvgIpc) is 3.10. The van der Waals surface area contributed by atoms with Crippen molar-refractivity contribution in [1.29, 1.82) is 0 Å². The highest BCUT2D eigenvalue weighted by atomic mass is 19.4. The molecule has 0 aliphatic carbocycles. The lowest BCUT2D eigenvalue weighted by Crippen LogP contribution is -2.29. The van der Waals surface area contributed by atoms with Gasteiger partial charge in [-0.1, -0.05) is 12.1 Å². The monoisotopic (exact) mass is 501 g/mol. The highest BCUT2D eigenvalue weighted by molar-refractivity contribution is 6.51. The minimum Gasteiger partial charge on any atom is -0.507 e. The van der Waals surface area contributed by atoms with Crippen LogP contribution in [0.25, 0.3) is 5.76 Å². The molecule has 1 heterocycles. The SMILES string of the molecule is COc1ccc(C2/C(=C(/O)c3ccc(F)c(C)c3)C(=O)C(=O)N2c2ccc(OC(F)(F)F)cc2)cc1. The number of halogens is 4. The van der Waals surface area contributed by atoms with Crippen LogP contribution >= 0.6 is 0 Å². The first-order chi connectivity index (χ1) is 17.0. The number of carbonyl (C=O) groups is 2. The molecule has 4 rings (SSSR count). The number of aliphatic hydroxyl groups is 1. The standard InChI is InChI=1S/C26H19F4NO5/c1-14-13-16(5-12-20(14)27)23(32)21-22(15-3-8-18(35-2)9-4-15)31(25(34)24(21)33)17-6-10-19(11-7-17)36-26(28,29)30/h3-13,22,32H,1-2H3/b23-21-. The Balaban J connectivity index is 1.86. The molecule has 6 nitrogen and oxygen atoms in total. The molecule has 3 aromatic rings. The van der Waals surface area contributed by atoms with Crippen molar-refractivity contribution in [2.75, 3.05) is 12.0 Å². The first-order valence-electron chi connectivity index (χ1n) is 10.6. The van der Waals surface area contributed by atoms with E-state index in [1.165, 1.54) is 38.3 Å². The van der Waals surface area contributed by atoms with Crippen molar-refractivity contribution < 1.29 is 41.7 Å². The van der Waals surface area contributed by atoms with Gasteiger partial charge in [-0.05, 0) is 72.6 Å². The van der Waals surface area contributed by atoms with Gasteiger partial charge in [0.15, 0.2) is 0 Å². The van der Waals surface area contributed by atoms with Crippen LogP contribution < -0.4 is 14.4 Å². The molecular formula is C26H19F4NO5. The van der Waals surface area contributed by atoms with Gasteiger partial charge in [0.2, 0.25) is 0 Å². The lowest BCUT2D eigenvalue weighted by molar-refractivity contribution is -0.274. The second-order valence-corrected chi connectivity index (χ2v) is 7.95. The number of Topliss-reactive ketones (excluding diaryl/α,β-unsaturated/α-hetero) is 1. The maximum Gasteiger partial charge on any atom is 0.573 e. The van der Waals surface area contributed by atoms with Crippen LogP contribution in [-0.2, 0) is 9.59 Å². The number of anilines is 1. The summed E-state index contributed by atoms with van der Waals surface area (Å²) in [5.74, 6) is -3.05. The highest BCUT2D eigenvalue weighted by Gasteiger charge is 2.47. The van der Waals surface area contributed by atoms with Gasteiger partial charge in [0.25, 0.3) is 11.7 Å². The van der Waals surface area contributed by atoms with E-state index in [0.717, 1.165) is 23.1 Å². The number of methoxy groups -OCH3 is 1. The van der Waals surface area contributed by atoms with E-state index in [4.69, 9.17) is 4.74 Å². The zero-order chi connectivity index (χ0) is 26.2. The Labute approximate surface area is 203 Å². The van der Waals surface area contributed by atoms with Crippen molar-refractivity contribution in [3.63, 3.8) is 0 Å². The number of ether oxygens (including phenoxy) is 2. The number of hydrogen-bond acceptors (Lipinski definition) is 5. The molecule has 36 heavy (non-hydrogen) atoms. The van der Waals surface area contributed by atoms with E-state index in [2.05, 4.69) is 4.74 Å². The summed E-state index contributed by atoms with van der Waals surface area (Å²) in [5, 5.41) is 11.1. The molecule has 0 spiro atoms. The number of carbonyl (C=O) groups excluding carboxylic acids is 2. The molecule has 1 unspecified atom stereocenters. The molecule has 3 aromatic carbocycles. The topological polar surface area (TPSA) is 76.1 Å². The summed E-state index contributed by atoms with van der Waals surface area (Å²) in [7, 11) is 1.46. The third-order valence-electron chi connectivity index (χ3n) is 5.66. The van der Waals surface area contributed by atoms with Gasteiger partial charge in [-0.15, -0.1) is 13.2 Å². The summed E-state index contributed by atoms with van der Waals surface area (Å²) in [6.07, 6.45) is -4.90. The van der Waals surface area contributed by atoms with Crippen molar-refractivity contribution in [3.8, 4) is 11.5 Å². The smallest absolute Gasteiger partial charge is 0.507 e. The molecule has 0 aromatic heterocycles. The maximum atomic E-state index is 13.8. The number of alkyl halides is 3. The molecule has 1 aliphatic rings. The molecular weight excluding hydrogens is 482 g/mol. The number of amides is 1. The van der Waals surface area contributed by atoms with E-state index in [9.17, 15) is 32.3 Å². The minimum absolute atomic E-state index is 0.0989. The van der Waals surface area contributed by atoms with Crippen LogP contribution in [0.1, 0.15) is 22.7 Å². The molecule has 1 saturated heterocycles. The quantitative estimate of drug-likeness (QED) is 0.211. The van der Waals surface area contributed by atoms with Crippen molar-refractivity contribution in [3.05, 3.63) is 94.8 Å². The Bertz CT molecular complexity index is 1350. The van der Waals surface area contributed by atoms with Gasteiger partial charge in [0, 0.05) is 11.3 Å². The minimum atomic E-state index is -4.90. The molecule has 0 bridgehead atoms. The summed E-state index contributed by atoms with van der Waals surface area (Å²) < 4.78 is 60.5. The van der Waals surface area contributed by atoms with Crippen LogP contribution in [-0.4, -0.2) is 30.3 Å². The third-order valence-corrected chi connectivity index (χ3v) is 5.66. The molecule has 0 saturated carbocycles. The second kappa shape index (κ2) is 9.37. The molecule has 1 atom stereocenters. The van der Waals surface area contributed by atoms with Crippen molar-refractivity contribution in [2.24, 2.45) is 0 Å². The summed E-state index contributed by atoms with van der Waals surface area (Å²) in [6, 6.07) is 13.4. The van der Waals surface area contributed by atoms with Crippen LogP contribution in [0.4, 0.5) is 23.2 Å². The van der Waals surface area contributed by atoms with Gasteiger partial charge in [-0.2, -0.15) is 0 Å². The summed E-state index contributed by atoms with van der Waals surface area (Å²) in [4.78, 5) is 27.3. The van der Waals surface area contributed by atoms with Gasteiger partial charge >= 0.3 is 6.36 Å². The largest absolute Gasteiger partial charge is 0.573 e. The fourth-order valence-corrected chi connectivity index (χ4v) is 3.96. The Kier molecular flexibility index (Phi) is 6.45. The summed E-state index contributed by atoms with van der Waals surface area (Å²) in [5.41, 5.74) is 0.605. The van der Waals surface area contributed by atoms with Crippen molar-refractivity contribution in [1.82, 2.24) is 0 Å². The normalized spacial score (nSPS) is 17.4. The van der Waals surface area contributed by atoms with Gasteiger partial charge in [0.05, 0.1) is 18.7 Å². The van der Waals surface area contributed by atoms with Gasteiger partial charge in [0.1, 0.15) is 23.1 Å². The van der Waals surface area contributed by atoms with E-state index in [0.29, 0.717) is 11.3 Å². The van der Waals surface area contributed by atoms with E-state index in [1.54, 1.807) is 24.3 Å². The molecule has 186 valence electrons. The number of benzene rings is 3. The Morgan fingerprint density at radius 1 is 0.944 bits per heavy atom. The maximum absolute atomic E-state index is 13.8. The fourth-order valence-electron chi connectivity index (χ4n) is 3.96. The first kappa shape index (κ1) is 24.8. The van der Waals surface area contributed by atoms with E-state index >= 15 is 0 Å². The van der Waals surface area contributed by atoms with Crippen LogP contribution in [0.5, 0.6) is 11.5 Å². The number of rotatable bonds is 5. The molecule has 0 radical (unpaired) electrons. The summed E-state index contributed by atoms with van der Waals surface area (Å²) >= 11 is 0. The number of hydrogen-bond donors (Lipinski definition) is 1. The lowest BCUT2D eigenvalue weighted by atomic mass is 9.94. The van der Waals surface area contributed by atoms with E-state index in [-0.39, 0.29) is 22.4 Å². The number of aliphatic hydroxyl groups excluding tert-OH is 1. The van der Waals surface area contributed by atoms with Crippen LogP contribution in [0.15, 0.2) is 72.3 Å². The Morgan fingerprint density at radius 3 is 2.11 bits per heavy atom. The Morgan fingerprint density at radius 2 is 1.56 bits per heavy atom. The van der Waals surface area contributed by atoms with Crippen LogP contribution in [0.3, 0.4) is 0 Å². The lowest BCUT2D eigenvalue weighted by Gasteiger charge is -2.26. The molecule has 1 aliphatic heterocycles. The molecule has 1 N–H and O–H groups in total. The van der Waals surface area contributed by atoms with E-state index < -0.39 is 41.4 Å². The van der Waals surface area contributed by atoms with E-state index in [1.807, 2.05) is 0 Å². The molecule has 10 heteroatoms. The number of aryl methyl sites for hydroxylation is 1. The van der Waals surface area contributed by atoms with Gasteiger partial charge in [-0.25, -0.2) is 4.39 Å². The van der Waals surface area contributed by atoms with Gasteiger partial charge < -0.3 is 14.6 Å². The Hall–Kier alpha value is -4.34. The van der Waals surface area contributed by atoms with Crippen molar-refractivity contribution in [2.45, 2.75) is 19.3 Å².